The fraction of sp³-hybridized carbons (Fsp3) is 0.0500. The molecule has 0 atom stereocenters. The Bertz CT molecular complexity index is 1080. The van der Waals surface area contributed by atoms with Crippen molar-refractivity contribution < 1.29 is 9.13 Å². The number of anilines is 1. The number of nitrogen functional groups attached to an aromatic ring is 1. The summed E-state index contributed by atoms with van der Waals surface area (Å²) in [5.41, 5.74) is 7.90. The molecule has 0 fully saturated rings. The molecule has 6 heteroatoms. The van der Waals surface area contributed by atoms with Gasteiger partial charge >= 0.3 is 0 Å². The van der Waals surface area contributed by atoms with Gasteiger partial charge < -0.3 is 10.5 Å². The Balaban J connectivity index is 1.73. The number of nitrogens with two attached hydrogens (primary N) is 1. The lowest BCUT2D eigenvalue weighted by atomic mass is 10.2. The van der Waals surface area contributed by atoms with Crippen molar-refractivity contribution >= 4 is 39.0 Å². The summed E-state index contributed by atoms with van der Waals surface area (Å²) in [6.45, 7) is 0. The lowest BCUT2D eigenvalue weighted by Crippen LogP contribution is -1.91. The number of aromatic nitrogens is 1. The Hall–Kier alpha value is -2.57. The van der Waals surface area contributed by atoms with E-state index in [4.69, 9.17) is 10.5 Å². The molecular formula is C20H15FN2OS2. The van der Waals surface area contributed by atoms with Crippen LogP contribution >= 0.6 is 23.1 Å². The topological polar surface area (TPSA) is 48.1 Å². The number of thioether (sulfide) groups is 1. The van der Waals surface area contributed by atoms with Crippen molar-refractivity contribution in [1.82, 2.24) is 4.98 Å². The summed E-state index contributed by atoms with van der Waals surface area (Å²) in [7, 11) is 0. The zero-order chi connectivity index (χ0) is 18.1. The molecule has 26 heavy (non-hydrogen) atoms. The quantitative estimate of drug-likeness (QED) is 0.337. The van der Waals surface area contributed by atoms with Gasteiger partial charge in [0.15, 0.2) is 11.6 Å². The molecule has 0 aliphatic rings. The molecule has 0 spiro atoms. The average Bonchev–Trinajstić information content (AvgIpc) is 3.09. The predicted molar refractivity (Wildman–Crippen MR) is 108 cm³/mol. The van der Waals surface area contributed by atoms with Crippen molar-refractivity contribution in [1.29, 1.82) is 0 Å². The van der Waals surface area contributed by atoms with Crippen molar-refractivity contribution in [2.24, 2.45) is 0 Å². The van der Waals surface area contributed by atoms with Crippen molar-refractivity contribution in [2.45, 2.75) is 4.90 Å². The number of thiophene rings is 1. The van der Waals surface area contributed by atoms with E-state index in [9.17, 15) is 4.39 Å². The summed E-state index contributed by atoms with van der Waals surface area (Å²) in [4.78, 5) is 6.72. The Kier molecular flexibility index (Phi) is 4.53. The van der Waals surface area contributed by atoms with Gasteiger partial charge in [-0.3, -0.25) is 4.98 Å². The summed E-state index contributed by atoms with van der Waals surface area (Å²) in [6.07, 6.45) is 3.72. The summed E-state index contributed by atoms with van der Waals surface area (Å²) < 4.78 is 20.7. The number of benzene rings is 2. The van der Waals surface area contributed by atoms with E-state index < -0.39 is 5.82 Å². The van der Waals surface area contributed by atoms with E-state index in [1.807, 2.05) is 6.07 Å². The fourth-order valence-corrected chi connectivity index (χ4v) is 4.09. The SMILES string of the molecule is CSc1ccc(-c2cc3nccc(Oc4ccc(N)cc4F)c3s2)cc1. The molecule has 3 nitrogen and oxygen atoms in total. The number of hydrogen-bond donors (Lipinski definition) is 1. The monoisotopic (exact) mass is 382 g/mol. The van der Waals surface area contributed by atoms with Crippen LogP contribution in [0.25, 0.3) is 20.7 Å². The Morgan fingerprint density at radius 1 is 1.04 bits per heavy atom. The van der Waals surface area contributed by atoms with Crippen LogP contribution in [0.3, 0.4) is 0 Å². The van der Waals surface area contributed by atoms with Crippen LogP contribution < -0.4 is 10.5 Å². The molecule has 2 heterocycles. The van der Waals surface area contributed by atoms with Crippen LogP contribution in [0.1, 0.15) is 0 Å². The number of pyridine rings is 1. The van der Waals surface area contributed by atoms with Crippen LogP contribution in [0.4, 0.5) is 10.1 Å². The molecule has 2 aromatic heterocycles. The maximum absolute atomic E-state index is 14.1. The molecule has 0 unspecified atom stereocenters. The van der Waals surface area contributed by atoms with Crippen LogP contribution in [0.5, 0.6) is 11.5 Å². The van der Waals surface area contributed by atoms with E-state index in [1.165, 1.54) is 17.0 Å². The van der Waals surface area contributed by atoms with E-state index >= 15 is 0 Å². The van der Waals surface area contributed by atoms with Gasteiger partial charge in [-0.25, -0.2) is 4.39 Å². The second-order valence-electron chi connectivity index (χ2n) is 5.65. The molecule has 0 saturated heterocycles. The van der Waals surface area contributed by atoms with Crippen molar-refractivity contribution in [3.05, 3.63) is 66.6 Å². The lowest BCUT2D eigenvalue weighted by Gasteiger charge is -2.07. The first kappa shape index (κ1) is 16.9. The molecule has 0 saturated carbocycles. The maximum atomic E-state index is 14.1. The van der Waals surface area contributed by atoms with Gasteiger partial charge in [-0.2, -0.15) is 0 Å². The smallest absolute Gasteiger partial charge is 0.167 e. The Labute approximate surface area is 158 Å². The normalized spacial score (nSPS) is 11.0. The molecule has 0 bridgehead atoms. The third kappa shape index (κ3) is 3.25. The average molecular weight is 382 g/mol. The van der Waals surface area contributed by atoms with E-state index in [0.29, 0.717) is 11.4 Å². The highest BCUT2D eigenvalue weighted by Crippen LogP contribution is 2.39. The summed E-state index contributed by atoms with van der Waals surface area (Å²) >= 11 is 3.29. The van der Waals surface area contributed by atoms with Gasteiger partial charge in [0.1, 0.15) is 5.75 Å². The van der Waals surface area contributed by atoms with Gasteiger partial charge in [0, 0.05) is 33.8 Å². The van der Waals surface area contributed by atoms with Gasteiger partial charge in [-0.15, -0.1) is 23.1 Å². The van der Waals surface area contributed by atoms with Crippen molar-refractivity contribution in [3.8, 4) is 21.9 Å². The first-order valence-corrected chi connectivity index (χ1v) is 9.94. The predicted octanol–water partition coefficient (Wildman–Crippen LogP) is 6.20. The van der Waals surface area contributed by atoms with E-state index in [0.717, 1.165) is 20.7 Å². The van der Waals surface area contributed by atoms with Gasteiger partial charge in [-0.05, 0) is 42.2 Å². The summed E-state index contributed by atoms with van der Waals surface area (Å²) in [5.74, 6) is 0.237. The first-order valence-electron chi connectivity index (χ1n) is 7.90. The molecular weight excluding hydrogens is 367 g/mol. The third-order valence-corrected chi connectivity index (χ3v) is 5.86. The molecule has 0 aliphatic heterocycles. The maximum Gasteiger partial charge on any atom is 0.167 e. The molecule has 2 N–H and O–H groups in total. The number of fused-ring (bicyclic) bond motifs is 1. The number of nitrogens with zero attached hydrogens (tertiary/aromatic N) is 1. The molecule has 0 aliphatic carbocycles. The van der Waals surface area contributed by atoms with Crippen LogP contribution in [-0.2, 0) is 0 Å². The molecule has 2 aromatic carbocycles. The largest absolute Gasteiger partial charge is 0.453 e. The molecule has 4 rings (SSSR count). The zero-order valence-corrected chi connectivity index (χ0v) is 15.5. The minimum Gasteiger partial charge on any atom is -0.453 e. The highest BCUT2D eigenvalue weighted by molar-refractivity contribution is 7.98. The molecule has 130 valence electrons. The zero-order valence-electron chi connectivity index (χ0n) is 13.9. The van der Waals surface area contributed by atoms with Gasteiger partial charge in [0.25, 0.3) is 0 Å². The Morgan fingerprint density at radius 3 is 2.58 bits per heavy atom. The van der Waals surface area contributed by atoms with E-state index in [2.05, 4.69) is 35.5 Å². The van der Waals surface area contributed by atoms with E-state index in [-0.39, 0.29) is 5.75 Å². The van der Waals surface area contributed by atoms with Crippen LogP contribution in [-0.4, -0.2) is 11.2 Å². The van der Waals surface area contributed by atoms with Crippen molar-refractivity contribution in [2.75, 3.05) is 12.0 Å². The molecule has 4 aromatic rings. The lowest BCUT2D eigenvalue weighted by molar-refractivity contribution is 0.447. The van der Waals surface area contributed by atoms with E-state index in [1.54, 1.807) is 41.4 Å². The fourth-order valence-electron chi connectivity index (χ4n) is 2.61. The minimum atomic E-state index is -0.487. The highest BCUT2D eigenvalue weighted by atomic mass is 32.2. The summed E-state index contributed by atoms with van der Waals surface area (Å²) in [5, 5.41) is 0. The number of halogens is 1. The summed E-state index contributed by atoms with van der Waals surface area (Å²) in [6, 6.07) is 16.6. The second-order valence-corrected chi connectivity index (χ2v) is 7.59. The van der Waals surface area contributed by atoms with Gasteiger partial charge in [0.05, 0.1) is 10.2 Å². The number of ether oxygens (including phenoxy) is 1. The van der Waals surface area contributed by atoms with Crippen LogP contribution in [0, 0.1) is 5.82 Å². The second kappa shape index (κ2) is 6.97. The number of hydrogen-bond acceptors (Lipinski definition) is 5. The first-order chi connectivity index (χ1) is 12.6. The van der Waals surface area contributed by atoms with Crippen LogP contribution in [0.2, 0.25) is 0 Å². The van der Waals surface area contributed by atoms with Gasteiger partial charge in [-0.1, -0.05) is 12.1 Å². The third-order valence-electron chi connectivity index (χ3n) is 3.93. The van der Waals surface area contributed by atoms with Gasteiger partial charge in [0.2, 0.25) is 0 Å². The standard InChI is InChI=1S/C20H15FN2OS2/c1-25-14-5-2-12(3-6-14)19-11-16-20(26-19)18(8-9-23-16)24-17-7-4-13(22)10-15(17)21/h2-11H,22H2,1H3. The molecule has 0 radical (unpaired) electrons. The molecule has 0 amide bonds. The highest BCUT2D eigenvalue weighted by Gasteiger charge is 2.13. The van der Waals surface area contributed by atoms with Crippen LogP contribution in [0.15, 0.2) is 65.7 Å². The minimum absolute atomic E-state index is 0.144. The van der Waals surface area contributed by atoms with Crippen molar-refractivity contribution in [3.63, 3.8) is 0 Å². The number of rotatable bonds is 4. The Morgan fingerprint density at radius 2 is 1.85 bits per heavy atom.